The third kappa shape index (κ3) is 3.54. The SMILES string of the molecule is Cc1cc(C)n(-c2ccc(C(=O)OCCn3cnc4c3c(=O)n(C)c(=O)n4C)cn2)n1. The van der Waals surface area contributed by atoms with Gasteiger partial charge in [-0.05, 0) is 32.0 Å². The van der Waals surface area contributed by atoms with E-state index >= 15 is 0 Å². The smallest absolute Gasteiger partial charge is 0.339 e. The van der Waals surface area contributed by atoms with Gasteiger partial charge >= 0.3 is 11.7 Å². The summed E-state index contributed by atoms with van der Waals surface area (Å²) in [5, 5.41) is 4.36. The lowest BCUT2D eigenvalue weighted by atomic mass is 10.3. The van der Waals surface area contributed by atoms with Crippen molar-refractivity contribution in [3.8, 4) is 5.82 Å². The summed E-state index contributed by atoms with van der Waals surface area (Å²) >= 11 is 0. The van der Waals surface area contributed by atoms with E-state index in [1.54, 1.807) is 28.4 Å². The molecule has 0 saturated carbocycles. The second-order valence-electron chi connectivity index (χ2n) is 7.20. The number of aromatic nitrogens is 7. The Kier molecular flexibility index (Phi) is 5.01. The molecule has 4 heterocycles. The lowest BCUT2D eigenvalue weighted by molar-refractivity contribution is 0.0492. The molecule has 4 aromatic rings. The third-order valence-electron chi connectivity index (χ3n) is 4.99. The molecular formula is C20H21N7O4. The van der Waals surface area contributed by atoms with Gasteiger partial charge in [0, 0.05) is 26.0 Å². The molecule has 0 saturated heterocycles. The average Bonchev–Trinajstić information content (AvgIpc) is 3.33. The second kappa shape index (κ2) is 7.67. The van der Waals surface area contributed by atoms with Gasteiger partial charge in [0.1, 0.15) is 6.61 Å². The van der Waals surface area contributed by atoms with Gasteiger partial charge in [-0.3, -0.25) is 13.9 Å². The van der Waals surface area contributed by atoms with Crippen LogP contribution in [0.3, 0.4) is 0 Å². The van der Waals surface area contributed by atoms with Gasteiger partial charge in [0.2, 0.25) is 0 Å². The van der Waals surface area contributed by atoms with Crippen LogP contribution < -0.4 is 11.2 Å². The van der Waals surface area contributed by atoms with Crippen molar-refractivity contribution < 1.29 is 9.53 Å². The zero-order valence-electron chi connectivity index (χ0n) is 17.6. The summed E-state index contributed by atoms with van der Waals surface area (Å²) in [6.07, 6.45) is 2.89. The minimum absolute atomic E-state index is 0.0233. The van der Waals surface area contributed by atoms with Gasteiger partial charge in [-0.25, -0.2) is 24.2 Å². The van der Waals surface area contributed by atoms with Crippen molar-refractivity contribution in [2.45, 2.75) is 20.4 Å². The maximum Gasteiger partial charge on any atom is 0.339 e. The number of esters is 1. The van der Waals surface area contributed by atoms with Crippen molar-refractivity contribution in [2.75, 3.05) is 6.61 Å². The maximum absolute atomic E-state index is 12.4. The number of imidazole rings is 1. The fraction of sp³-hybridized carbons (Fsp3) is 0.300. The van der Waals surface area contributed by atoms with Crippen LogP contribution >= 0.6 is 0 Å². The lowest BCUT2D eigenvalue weighted by Crippen LogP contribution is -2.37. The quantitative estimate of drug-likeness (QED) is 0.429. The first-order valence-corrected chi connectivity index (χ1v) is 9.55. The molecule has 0 aliphatic carbocycles. The predicted octanol–water partition coefficient (Wildman–Crippen LogP) is 0.488. The molecule has 11 heteroatoms. The number of nitrogens with zero attached hydrogens (tertiary/aromatic N) is 7. The predicted molar refractivity (Wildman–Crippen MR) is 111 cm³/mol. The number of hydrogen-bond acceptors (Lipinski definition) is 7. The van der Waals surface area contributed by atoms with Crippen LogP contribution in [0.1, 0.15) is 21.7 Å². The minimum Gasteiger partial charge on any atom is -0.460 e. The van der Waals surface area contributed by atoms with Crippen molar-refractivity contribution >= 4 is 17.1 Å². The number of ether oxygens (including phenoxy) is 1. The van der Waals surface area contributed by atoms with Crippen LogP contribution in [0.25, 0.3) is 17.0 Å². The van der Waals surface area contributed by atoms with Crippen LogP contribution in [-0.2, 0) is 25.4 Å². The van der Waals surface area contributed by atoms with Gasteiger partial charge in [0.05, 0.1) is 24.1 Å². The highest BCUT2D eigenvalue weighted by Gasteiger charge is 2.15. The Balaban J connectivity index is 1.46. The molecule has 0 N–H and O–H groups in total. The van der Waals surface area contributed by atoms with Crippen LogP contribution in [0.15, 0.2) is 40.3 Å². The van der Waals surface area contributed by atoms with Crippen LogP contribution in [0.4, 0.5) is 0 Å². The summed E-state index contributed by atoms with van der Waals surface area (Å²) in [4.78, 5) is 45.2. The molecule has 0 aliphatic heterocycles. The van der Waals surface area contributed by atoms with Crippen molar-refractivity contribution in [3.63, 3.8) is 0 Å². The number of pyridine rings is 1. The van der Waals surface area contributed by atoms with E-state index in [9.17, 15) is 14.4 Å². The van der Waals surface area contributed by atoms with Crippen LogP contribution in [-0.4, -0.2) is 46.0 Å². The molecule has 0 amide bonds. The summed E-state index contributed by atoms with van der Waals surface area (Å²) < 4.78 is 10.9. The Morgan fingerprint density at radius 2 is 1.87 bits per heavy atom. The lowest BCUT2D eigenvalue weighted by Gasteiger charge is -2.08. The summed E-state index contributed by atoms with van der Waals surface area (Å²) in [5.74, 6) is 0.0747. The molecule has 0 fully saturated rings. The summed E-state index contributed by atoms with van der Waals surface area (Å²) in [6, 6.07) is 5.26. The van der Waals surface area contributed by atoms with E-state index in [4.69, 9.17) is 4.74 Å². The topological polar surface area (TPSA) is 119 Å². The van der Waals surface area contributed by atoms with Gasteiger partial charge < -0.3 is 9.30 Å². The summed E-state index contributed by atoms with van der Waals surface area (Å²) in [6.45, 7) is 4.06. The van der Waals surface area contributed by atoms with Crippen molar-refractivity contribution in [2.24, 2.45) is 14.1 Å². The zero-order valence-corrected chi connectivity index (χ0v) is 17.6. The molecule has 31 heavy (non-hydrogen) atoms. The first kappa shape index (κ1) is 20.3. The molecule has 0 aromatic carbocycles. The normalized spacial score (nSPS) is 11.2. The highest BCUT2D eigenvalue weighted by Crippen LogP contribution is 2.11. The molecule has 0 atom stereocenters. The summed E-state index contributed by atoms with van der Waals surface area (Å²) in [7, 11) is 2.95. The van der Waals surface area contributed by atoms with E-state index in [0.717, 1.165) is 16.0 Å². The molecule has 0 aliphatic rings. The third-order valence-corrected chi connectivity index (χ3v) is 4.99. The molecule has 0 bridgehead atoms. The zero-order chi connectivity index (χ0) is 22.3. The first-order valence-electron chi connectivity index (χ1n) is 9.55. The number of hydrogen-bond donors (Lipinski definition) is 0. The maximum atomic E-state index is 12.4. The van der Waals surface area contributed by atoms with E-state index in [1.165, 1.54) is 24.1 Å². The monoisotopic (exact) mass is 423 g/mol. The van der Waals surface area contributed by atoms with Crippen LogP contribution in [0, 0.1) is 13.8 Å². The second-order valence-corrected chi connectivity index (χ2v) is 7.20. The molecule has 11 nitrogen and oxygen atoms in total. The fourth-order valence-electron chi connectivity index (χ4n) is 3.38. The van der Waals surface area contributed by atoms with E-state index < -0.39 is 17.2 Å². The standard InChI is InChI=1S/C20H21N7O4/c1-12-9-13(2)27(23-12)15-6-5-14(10-21-15)19(29)31-8-7-26-11-22-17-16(26)18(28)25(4)20(30)24(17)3/h5-6,9-11H,7-8H2,1-4H3. The number of carbonyl (C=O) groups excluding carboxylic acids is 1. The van der Waals surface area contributed by atoms with Gasteiger partial charge in [-0.1, -0.05) is 0 Å². The molecule has 0 radical (unpaired) electrons. The van der Waals surface area contributed by atoms with E-state index in [2.05, 4.69) is 15.1 Å². The fourth-order valence-corrected chi connectivity index (χ4v) is 3.38. The summed E-state index contributed by atoms with van der Waals surface area (Å²) in [5.41, 5.74) is 1.77. The Hall–Kier alpha value is -4.02. The van der Waals surface area contributed by atoms with Crippen molar-refractivity contribution in [1.82, 2.24) is 33.4 Å². The number of aryl methyl sites for hydroxylation is 3. The average molecular weight is 423 g/mol. The Bertz CT molecular complexity index is 1410. The van der Waals surface area contributed by atoms with Gasteiger partial charge in [-0.2, -0.15) is 5.10 Å². The number of carbonyl (C=O) groups is 1. The first-order chi connectivity index (χ1) is 14.8. The molecule has 0 spiro atoms. The van der Waals surface area contributed by atoms with Crippen LogP contribution in [0.5, 0.6) is 0 Å². The number of rotatable bonds is 5. The van der Waals surface area contributed by atoms with E-state index in [-0.39, 0.29) is 24.3 Å². The highest BCUT2D eigenvalue weighted by atomic mass is 16.5. The Morgan fingerprint density at radius 1 is 1.10 bits per heavy atom. The molecule has 160 valence electrons. The molecular weight excluding hydrogens is 402 g/mol. The number of fused-ring (bicyclic) bond motifs is 1. The minimum atomic E-state index is -0.530. The highest BCUT2D eigenvalue weighted by molar-refractivity contribution is 5.89. The Labute approximate surface area is 176 Å². The van der Waals surface area contributed by atoms with Crippen molar-refractivity contribution in [3.05, 3.63) is 68.5 Å². The molecule has 4 rings (SSSR count). The van der Waals surface area contributed by atoms with Gasteiger partial charge in [0.25, 0.3) is 5.56 Å². The van der Waals surface area contributed by atoms with Crippen molar-refractivity contribution in [1.29, 1.82) is 0 Å². The van der Waals surface area contributed by atoms with Crippen LogP contribution in [0.2, 0.25) is 0 Å². The molecule has 4 aromatic heterocycles. The van der Waals surface area contributed by atoms with Gasteiger partial charge in [0.15, 0.2) is 17.0 Å². The Morgan fingerprint density at radius 3 is 2.52 bits per heavy atom. The van der Waals surface area contributed by atoms with E-state index in [0.29, 0.717) is 11.4 Å². The molecule has 0 unspecified atom stereocenters. The van der Waals surface area contributed by atoms with E-state index in [1.807, 2.05) is 19.9 Å². The van der Waals surface area contributed by atoms with Gasteiger partial charge in [-0.15, -0.1) is 0 Å². The largest absolute Gasteiger partial charge is 0.460 e.